The van der Waals surface area contributed by atoms with Crippen molar-refractivity contribution >= 4 is 29.3 Å². The van der Waals surface area contributed by atoms with Crippen LogP contribution in [0.3, 0.4) is 0 Å². The molecule has 1 unspecified atom stereocenters. The van der Waals surface area contributed by atoms with Gasteiger partial charge in [-0.15, -0.1) is 0 Å². The molecule has 0 fully saturated rings. The van der Waals surface area contributed by atoms with Gasteiger partial charge in [0.15, 0.2) is 6.10 Å². The van der Waals surface area contributed by atoms with E-state index in [2.05, 4.69) is 15.5 Å². The number of amides is 1. The number of nitrogens with zero attached hydrogens (tertiary/aromatic N) is 2. The highest BCUT2D eigenvalue weighted by Crippen LogP contribution is 2.25. The fraction of sp³-hybridized carbons (Fsp3) is 0.200. The van der Waals surface area contributed by atoms with Gasteiger partial charge in [0.05, 0.1) is 16.9 Å². The number of nitrogens with one attached hydrogen (secondary N) is 1. The number of aryl methyl sites for hydroxylation is 1. The van der Waals surface area contributed by atoms with E-state index in [9.17, 15) is 18.4 Å². The normalized spacial score (nSPS) is 11.7. The molecular formula is C20H17F2N3O4S. The number of ether oxygens (including phenoxy) is 1. The van der Waals surface area contributed by atoms with Crippen LogP contribution >= 0.6 is 11.8 Å². The quantitative estimate of drug-likeness (QED) is 0.442. The summed E-state index contributed by atoms with van der Waals surface area (Å²) in [4.78, 5) is 29.0. The van der Waals surface area contributed by atoms with Gasteiger partial charge >= 0.3 is 5.97 Å². The van der Waals surface area contributed by atoms with Crippen LogP contribution in [0.2, 0.25) is 0 Å². The Morgan fingerprint density at radius 3 is 2.77 bits per heavy atom. The van der Waals surface area contributed by atoms with Crippen molar-refractivity contribution in [2.75, 3.05) is 5.32 Å². The van der Waals surface area contributed by atoms with Crippen LogP contribution in [0.5, 0.6) is 0 Å². The summed E-state index contributed by atoms with van der Waals surface area (Å²) in [6.45, 7) is 3.12. The number of aromatic nitrogens is 2. The van der Waals surface area contributed by atoms with Crippen LogP contribution in [0.4, 0.5) is 14.5 Å². The van der Waals surface area contributed by atoms with Crippen LogP contribution in [-0.4, -0.2) is 28.1 Å². The van der Waals surface area contributed by atoms with Gasteiger partial charge in [-0.2, -0.15) is 0 Å². The SMILES string of the molecule is Cc1cc(CSc2ncccc2C(=O)OC(C)C(=O)Nc2ccc(F)cc2F)no1. The largest absolute Gasteiger partial charge is 0.449 e. The first kappa shape index (κ1) is 21.4. The van der Waals surface area contributed by atoms with Crippen molar-refractivity contribution < 1.29 is 27.6 Å². The van der Waals surface area contributed by atoms with Gasteiger partial charge in [-0.3, -0.25) is 4.79 Å². The topological polar surface area (TPSA) is 94.3 Å². The van der Waals surface area contributed by atoms with E-state index in [1.54, 1.807) is 19.1 Å². The summed E-state index contributed by atoms with van der Waals surface area (Å²) >= 11 is 1.26. The molecule has 0 radical (unpaired) electrons. The zero-order chi connectivity index (χ0) is 21.7. The summed E-state index contributed by atoms with van der Waals surface area (Å²) in [5, 5.41) is 6.55. The molecule has 0 aliphatic heterocycles. The lowest BCUT2D eigenvalue weighted by Crippen LogP contribution is -2.30. The Kier molecular flexibility index (Phi) is 6.78. The molecule has 0 spiro atoms. The van der Waals surface area contributed by atoms with Gasteiger partial charge in [0, 0.05) is 24.1 Å². The Morgan fingerprint density at radius 1 is 1.27 bits per heavy atom. The molecule has 0 aliphatic rings. The van der Waals surface area contributed by atoms with Crippen molar-refractivity contribution in [3.8, 4) is 0 Å². The van der Waals surface area contributed by atoms with E-state index < -0.39 is 29.6 Å². The van der Waals surface area contributed by atoms with Crippen LogP contribution < -0.4 is 5.32 Å². The summed E-state index contributed by atoms with van der Waals surface area (Å²) in [5.74, 6) is -2.13. The Bertz CT molecular complexity index is 1070. The van der Waals surface area contributed by atoms with Crippen molar-refractivity contribution in [1.29, 1.82) is 0 Å². The van der Waals surface area contributed by atoms with E-state index in [0.717, 1.165) is 12.1 Å². The zero-order valence-electron chi connectivity index (χ0n) is 16.0. The predicted molar refractivity (Wildman–Crippen MR) is 105 cm³/mol. The minimum Gasteiger partial charge on any atom is -0.449 e. The number of thioether (sulfide) groups is 1. The molecule has 3 rings (SSSR count). The second kappa shape index (κ2) is 9.49. The lowest BCUT2D eigenvalue weighted by atomic mass is 10.2. The number of hydrogen-bond donors (Lipinski definition) is 1. The standard InChI is InChI=1S/C20H17F2N3O4S/c1-11-8-14(25-29-11)10-30-19-15(4-3-7-23-19)20(27)28-12(2)18(26)24-17-6-5-13(21)9-16(17)22/h3-9,12H,10H2,1-2H3,(H,24,26). The van der Waals surface area contributed by atoms with Gasteiger partial charge < -0.3 is 14.6 Å². The zero-order valence-corrected chi connectivity index (χ0v) is 16.8. The molecule has 1 atom stereocenters. The fourth-order valence-corrected chi connectivity index (χ4v) is 3.26. The molecule has 0 saturated carbocycles. The molecule has 1 N–H and O–H groups in total. The maximum atomic E-state index is 13.7. The van der Waals surface area contributed by atoms with Crippen molar-refractivity contribution in [2.24, 2.45) is 0 Å². The van der Waals surface area contributed by atoms with E-state index in [-0.39, 0.29) is 11.3 Å². The van der Waals surface area contributed by atoms with Crippen LogP contribution in [0.15, 0.2) is 52.1 Å². The van der Waals surface area contributed by atoms with E-state index >= 15 is 0 Å². The lowest BCUT2D eigenvalue weighted by molar-refractivity contribution is -0.123. The van der Waals surface area contributed by atoms with Crippen molar-refractivity contribution in [1.82, 2.24) is 10.1 Å². The van der Waals surface area contributed by atoms with Gasteiger partial charge in [-0.25, -0.2) is 18.6 Å². The van der Waals surface area contributed by atoms with Crippen LogP contribution in [0.25, 0.3) is 0 Å². The summed E-state index contributed by atoms with van der Waals surface area (Å²) in [5.41, 5.74) is 0.650. The summed E-state index contributed by atoms with van der Waals surface area (Å²) in [7, 11) is 0. The van der Waals surface area contributed by atoms with Crippen molar-refractivity contribution in [3.05, 3.63) is 71.2 Å². The van der Waals surface area contributed by atoms with E-state index in [1.807, 2.05) is 0 Å². The monoisotopic (exact) mass is 433 g/mol. The Morgan fingerprint density at radius 2 is 2.07 bits per heavy atom. The van der Waals surface area contributed by atoms with Crippen LogP contribution in [-0.2, 0) is 15.3 Å². The molecule has 2 aromatic heterocycles. The first-order valence-corrected chi connectivity index (χ1v) is 9.79. The number of anilines is 1. The van der Waals surface area contributed by atoms with Gasteiger partial charge in [-0.1, -0.05) is 16.9 Å². The molecule has 7 nitrogen and oxygen atoms in total. The third kappa shape index (κ3) is 5.41. The molecule has 1 aromatic carbocycles. The van der Waals surface area contributed by atoms with Gasteiger partial charge in [0.2, 0.25) is 0 Å². The predicted octanol–water partition coefficient (Wildman–Crippen LogP) is 4.13. The Balaban J connectivity index is 1.64. The van der Waals surface area contributed by atoms with Crippen LogP contribution in [0, 0.1) is 18.6 Å². The number of hydrogen-bond acceptors (Lipinski definition) is 7. The van der Waals surface area contributed by atoms with E-state index in [4.69, 9.17) is 9.26 Å². The molecular weight excluding hydrogens is 416 g/mol. The average Bonchev–Trinajstić information content (AvgIpc) is 3.13. The lowest BCUT2D eigenvalue weighted by Gasteiger charge is -2.15. The second-order valence-corrected chi connectivity index (χ2v) is 7.20. The van der Waals surface area contributed by atoms with E-state index in [0.29, 0.717) is 28.3 Å². The summed E-state index contributed by atoms with van der Waals surface area (Å²) < 4.78 is 36.9. The second-order valence-electron chi connectivity index (χ2n) is 6.23. The third-order valence-corrected chi connectivity index (χ3v) is 4.91. The molecule has 30 heavy (non-hydrogen) atoms. The van der Waals surface area contributed by atoms with Crippen molar-refractivity contribution in [2.45, 2.75) is 30.7 Å². The highest BCUT2D eigenvalue weighted by Gasteiger charge is 2.22. The fourth-order valence-electron chi connectivity index (χ4n) is 2.39. The molecule has 0 aliphatic carbocycles. The average molecular weight is 433 g/mol. The first-order chi connectivity index (χ1) is 14.3. The molecule has 1 amide bonds. The van der Waals surface area contributed by atoms with Gasteiger partial charge in [-0.05, 0) is 38.1 Å². The maximum Gasteiger partial charge on any atom is 0.341 e. The number of carbonyl (C=O) groups excluding carboxylic acids is 2. The number of benzene rings is 1. The minimum absolute atomic E-state index is 0.176. The number of esters is 1. The minimum atomic E-state index is -1.22. The van der Waals surface area contributed by atoms with Gasteiger partial charge in [0.1, 0.15) is 22.4 Å². The molecule has 3 aromatic rings. The number of pyridine rings is 1. The Labute approximate surface area is 174 Å². The van der Waals surface area contributed by atoms with E-state index in [1.165, 1.54) is 30.9 Å². The highest BCUT2D eigenvalue weighted by atomic mass is 32.2. The van der Waals surface area contributed by atoms with Crippen molar-refractivity contribution in [3.63, 3.8) is 0 Å². The number of rotatable bonds is 7. The highest BCUT2D eigenvalue weighted by molar-refractivity contribution is 7.98. The number of halogens is 2. The molecule has 10 heteroatoms. The maximum absolute atomic E-state index is 13.7. The Hall–Kier alpha value is -3.27. The van der Waals surface area contributed by atoms with Gasteiger partial charge in [0.25, 0.3) is 5.91 Å². The number of carbonyl (C=O) groups is 2. The molecule has 156 valence electrons. The molecule has 0 bridgehead atoms. The summed E-state index contributed by atoms with van der Waals surface area (Å²) in [6.07, 6.45) is 0.304. The third-order valence-electron chi connectivity index (χ3n) is 3.87. The molecule has 0 saturated heterocycles. The smallest absolute Gasteiger partial charge is 0.341 e. The first-order valence-electron chi connectivity index (χ1n) is 8.80. The van der Waals surface area contributed by atoms with Crippen LogP contribution in [0.1, 0.15) is 28.7 Å². The molecule has 2 heterocycles. The summed E-state index contributed by atoms with van der Waals surface area (Å²) in [6, 6.07) is 7.59.